The Morgan fingerprint density at radius 1 is 1.54 bits per heavy atom. The van der Waals surface area contributed by atoms with Gasteiger partial charge in [-0.25, -0.2) is 0 Å². The number of carbonyl (C=O) groups excluding carboxylic acids is 2. The van der Waals surface area contributed by atoms with Crippen molar-refractivity contribution >= 4 is 11.8 Å². The molecule has 3 heteroatoms. The average molecular weight is 182 g/mol. The van der Waals surface area contributed by atoms with Crippen LogP contribution in [0.25, 0.3) is 0 Å². The van der Waals surface area contributed by atoms with Gasteiger partial charge >= 0.3 is 5.97 Å². The Morgan fingerprint density at radius 3 is 2.54 bits per heavy atom. The molecule has 1 fully saturated rings. The molecule has 0 aliphatic carbocycles. The molecule has 1 rings (SSSR count). The van der Waals surface area contributed by atoms with Gasteiger partial charge in [0.05, 0.1) is 0 Å². The van der Waals surface area contributed by atoms with E-state index in [9.17, 15) is 9.59 Å². The summed E-state index contributed by atoms with van der Waals surface area (Å²) in [5, 5.41) is 0. The molecule has 0 aromatic heterocycles. The molecule has 1 heterocycles. The minimum absolute atomic E-state index is 0.0614. The number of hydrogen-bond acceptors (Lipinski definition) is 3. The molecule has 3 nitrogen and oxygen atoms in total. The third-order valence-electron chi connectivity index (χ3n) is 2.16. The molecule has 72 valence electrons. The fraction of sp³-hybridized carbons (Fsp3) is 0.600. The number of esters is 1. The van der Waals surface area contributed by atoms with Crippen LogP contribution in [0.15, 0.2) is 12.7 Å². The molecule has 0 amide bonds. The third-order valence-corrected chi connectivity index (χ3v) is 2.16. The highest BCUT2D eigenvalue weighted by atomic mass is 16.6. The summed E-state index contributed by atoms with van der Waals surface area (Å²) in [6.07, 6.45) is 1.42. The SMILES string of the molecule is C=CC[C@@H]1C(=O)O[C@@H](C(C)C)C1=O. The third kappa shape index (κ3) is 1.79. The lowest BCUT2D eigenvalue weighted by Crippen LogP contribution is -2.25. The first kappa shape index (κ1) is 9.96. The number of hydrogen-bond donors (Lipinski definition) is 0. The number of allylic oxidation sites excluding steroid dienone is 1. The van der Waals surface area contributed by atoms with Gasteiger partial charge in [-0.15, -0.1) is 6.58 Å². The highest BCUT2D eigenvalue weighted by Crippen LogP contribution is 2.25. The van der Waals surface area contributed by atoms with Crippen LogP contribution in [-0.2, 0) is 14.3 Å². The van der Waals surface area contributed by atoms with E-state index in [1.807, 2.05) is 13.8 Å². The van der Waals surface area contributed by atoms with Crippen molar-refractivity contribution < 1.29 is 14.3 Å². The zero-order valence-electron chi connectivity index (χ0n) is 7.95. The Kier molecular flexibility index (Phi) is 2.86. The van der Waals surface area contributed by atoms with E-state index in [0.717, 1.165) is 0 Å². The Hall–Kier alpha value is -1.12. The second kappa shape index (κ2) is 3.73. The molecular formula is C10H14O3. The molecule has 1 aliphatic heterocycles. The van der Waals surface area contributed by atoms with Crippen molar-refractivity contribution in [2.45, 2.75) is 26.4 Å². The maximum atomic E-state index is 11.6. The minimum Gasteiger partial charge on any atom is -0.453 e. The van der Waals surface area contributed by atoms with Crippen LogP contribution in [0.3, 0.4) is 0 Å². The normalized spacial score (nSPS) is 27.9. The number of carbonyl (C=O) groups is 2. The van der Waals surface area contributed by atoms with Crippen LogP contribution >= 0.6 is 0 Å². The molecule has 0 unspecified atom stereocenters. The van der Waals surface area contributed by atoms with E-state index in [-0.39, 0.29) is 11.7 Å². The molecule has 0 saturated carbocycles. The summed E-state index contributed by atoms with van der Waals surface area (Å²) in [4.78, 5) is 22.8. The molecule has 0 N–H and O–H groups in total. The monoisotopic (exact) mass is 182 g/mol. The number of ketones is 1. The van der Waals surface area contributed by atoms with Gasteiger partial charge < -0.3 is 4.74 Å². The van der Waals surface area contributed by atoms with Gasteiger partial charge in [0.15, 0.2) is 11.9 Å². The van der Waals surface area contributed by atoms with E-state index in [1.54, 1.807) is 6.08 Å². The average Bonchev–Trinajstić information content (AvgIpc) is 2.32. The van der Waals surface area contributed by atoms with E-state index < -0.39 is 18.0 Å². The van der Waals surface area contributed by atoms with E-state index in [0.29, 0.717) is 6.42 Å². The van der Waals surface area contributed by atoms with Crippen LogP contribution in [0, 0.1) is 11.8 Å². The van der Waals surface area contributed by atoms with Crippen LogP contribution < -0.4 is 0 Å². The lowest BCUT2D eigenvalue weighted by molar-refractivity contribution is -0.145. The van der Waals surface area contributed by atoms with Gasteiger partial charge in [0.2, 0.25) is 0 Å². The quantitative estimate of drug-likeness (QED) is 0.375. The first-order valence-corrected chi connectivity index (χ1v) is 4.43. The summed E-state index contributed by atoms with van der Waals surface area (Å²) < 4.78 is 4.96. The van der Waals surface area contributed by atoms with Gasteiger partial charge in [-0.05, 0) is 12.3 Å². The first-order valence-electron chi connectivity index (χ1n) is 4.43. The number of ether oxygens (including phenoxy) is 1. The first-order chi connectivity index (χ1) is 6.07. The largest absolute Gasteiger partial charge is 0.453 e. The maximum Gasteiger partial charge on any atom is 0.317 e. The summed E-state index contributed by atoms with van der Waals surface area (Å²) >= 11 is 0. The fourth-order valence-corrected chi connectivity index (χ4v) is 1.42. The lowest BCUT2D eigenvalue weighted by atomic mass is 9.94. The predicted octanol–water partition coefficient (Wildman–Crippen LogP) is 1.33. The Bertz CT molecular complexity index is 243. The minimum atomic E-state index is -0.607. The van der Waals surface area contributed by atoms with E-state index in [2.05, 4.69) is 6.58 Å². The number of cyclic esters (lactones) is 1. The molecule has 1 aliphatic rings. The molecule has 0 bridgehead atoms. The molecule has 1 saturated heterocycles. The van der Waals surface area contributed by atoms with Crippen LogP contribution in [0.2, 0.25) is 0 Å². The smallest absolute Gasteiger partial charge is 0.317 e. The van der Waals surface area contributed by atoms with Crippen molar-refractivity contribution in [3.63, 3.8) is 0 Å². The highest BCUT2D eigenvalue weighted by Gasteiger charge is 2.43. The van der Waals surface area contributed by atoms with Crippen molar-refractivity contribution in [2.75, 3.05) is 0 Å². The van der Waals surface area contributed by atoms with Gasteiger partial charge in [-0.1, -0.05) is 19.9 Å². The van der Waals surface area contributed by atoms with Crippen molar-refractivity contribution in [1.82, 2.24) is 0 Å². The summed E-state index contributed by atoms with van der Waals surface area (Å²) in [5.41, 5.74) is 0. The predicted molar refractivity (Wildman–Crippen MR) is 48.0 cm³/mol. The molecular weight excluding hydrogens is 168 g/mol. The summed E-state index contributed by atoms with van der Waals surface area (Å²) in [6.45, 7) is 7.24. The Balaban J connectivity index is 2.75. The molecule has 2 atom stereocenters. The Morgan fingerprint density at radius 2 is 2.15 bits per heavy atom. The lowest BCUT2D eigenvalue weighted by Gasteiger charge is -2.10. The van der Waals surface area contributed by atoms with Crippen LogP contribution in [0.1, 0.15) is 20.3 Å². The zero-order valence-corrected chi connectivity index (χ0v) is 7.95. The second-order valence-electron chi connectivity index (χ2n) is 3.58. The molecule has 13 heavy (non-hydrogen) atoms. The second-order valence-corrected chi connectivity index (χ2v) is 3.58. The number of Topliss-reactive ketones (excluding diaryl/α,β-unsaturated/α-hetero) is 1. The summed E-state index contributed by atoms with van der Waals surface area (Å²) in [7, 11) is 0. The van der Waals surface area contributed by atoms with Crippen LogP contribution in [0.5, 0.6) is 0 Å². The maximum absolute atomic E-state index is 11.6. The van der Waals surface area contributed by atoms with Crippen molar-refractivity contribution in [2.24, 2.45) is 11.8 Å². The van der Waals surface area contributed by atoms with Crippen LogP contribution in [0.4, 0.5) is 0 Å². The number of rotatable bonds is 3. The van der Waals surface area contributed by atoms with Crippen molar-refractivity contribution in [1.29, 1.82) is 0 Å². The van der Waals surface area contributed by atoms with E-state index in [1.165, 1.54) is 0 Å². The van der Waals surface area contributed by atoms with Crippen molar-refractivity contribution in [3.05, 3.63) is 12.7 Å². The fourth-order valence-electron chi connectivity index (χ4n) is 1.42. The van der Waals surface area contributed by atoms with Gasteiger partial charge in [-0.3, -0.25) is 9.59 Å². The van der Waals surface area contributed by atoms with E-state index in [4.69, 9.17) is 4.74 Å². The van der Waals surface area contributed by atoms with Gasteiger partial charge in [0, 0.05) is 0 Å². The van der Waals surface area contributed by atoms with E-state index >= 15 is 0 Å². The molecule has 0 radical (unpaired) electrons. The standard InChI is InChI=1S/C10H14O3/c1-4-5-7-8(11)9(6(2)3)13-10(7)12/h4,6-7,9H,1,5H2,2-3H3/t7-,9-/m0/s1. The molecule has 0 aromatic carbocycles. The summed E-state index contributed by atoms with van der Waals surface area (Å²) in [6, 6.07) is 0. The molecule has 0 spiro atoms. The Labute approximate surface area is 77.8 Å². The highest BCUT2D eigenvalue weighted by molar-refractivity contribution is 6.06. The van der Waals surface area contributed by atoms with Gasteiger partial charge in [0.1, 0.15) is 5.92 Å². The van der Waals surface area contributed by atoms with Gasteiger partial charge in [0.25, 0.3) is 0 Å². The van der Waals surface area contributed by atoms with Gasteiger partial charge in [-0.2, -0.15) is 0 Å². The van der Waals surface area contributed by atoms with Crippen LogP contribution in [-0.4, -0.2) is 17.9 Å². The zero-order chi connectivity index (χ0) is 10.0. The topological polar surface area (TPSA) is 43.4 Å². The molecule has 0 aromatic rings. The summed E-state index contributed by atoms with van der Waals surface area (Å²) in [5.74, 6) is -1.04. The van der Waals surface area contributed by atoms with Crippen molar-refractivity contribution in [3.8, 4) is 0 Å².